The molecule has 0 spiro atoms. The number of nitrogens with zero attached hydrogens (tertiary/aromatic N) is 4. The van der Waals surface area contributed by atoms with Crippen molar-refractivity contribution >= 4 is 0 Å². The number of fused-ring (bicyclic) bond motifs is 3. The zero-order valence-corrected chi connectivity index (χ0v) is 16.1. The van der Waals surface area contributed by atoms with E-state index in [0.717, 1.165) is 0 Å². The third-order valence-electron chi connectivity index (χ3n) is 6.04. The number of allylic oxidation sites excluding steroid dienone is 10. The molecule has 4 aliphatic carbocycles. The Balaban J connectivity index is 2.56. The molecule has 0 aromatic rings. The van der Waals surface area contributed by atoms with Gasteiger partial charge in [-0.2, -0.15) is 21.0 Å². The minimum atomic E-state index is -1.84. The molecule has 4 nitrogen and oxygen atoms in total. The third-order valence-corrected chi connectivity index (χ3v) is 6.04. The Morgan fingerprint density at radius 3 is 2.13 bits per heavy atom. The van der Waals surface area contributed by atoms with Crippen LogP contribution in [0.25, 0.3) is 0 Å². The molecule has 150 valence electrons. The fraction of sp³-hybridized carbons (Fsp3) is 0.364. The average Bonchev–Trinajstić information content (AvgIpc) is 2.98. The van der Waals surface area contributed by atoms with Crippen molar-refractivity contribution in [3.05, 3.63) is 56.7 Å². The lowest BCUT2D eigenvalue weighted by Gasteiger charge is -2.42. The van der Waals surface area contributed by atoms with Gasteiger partial charge in [-0.05, 0) is 37.3 Å². The molecule has 0 radical (unpaired) electrons. The van der Waals surface area contributed by atoms with E-state index in [9.17, 15) is 14.9 Å². The predicted octanol–water partition coefficient (Wildman–Crippen LogP) is 5.74. The second-order valence-corrected chi connectivity index (χ2v) is 7.45. The van der Waals surface area contributed by atoms with Crippen LogP contribution >= 0.6 is 0 Å². The van der Waals surface area contributed by atoms with Gasteiger partial charge in [0, 0.05) is 17.1 Å². The first-order valence-electron chi connectivity index (χ1n) is 9.15. The zero-order chi connectivity index (χ0) is 22.4. The standard InChI is InChI=1S/C22H14F4N4/c1-3-15(23)12-5-14-10(6-27)4-13(21(26)22(14,2)9-30)18-17(12)19(24)16(20(18)25)11(7-28)8-29/h10,14H,3-5H2,1-2H3/b15-12-/t10-,14?,22?/m0/s1. The Morgan fingerprint density at radius 1 is 1.03 bits per heavy atom. The molecule has 1 saturated carbocycles. The van der Waals surface area contributed by atoms with Gasteiger partial charge in [0.1, 0.15) is 46.4 Å². The molecular weight excluding hydrogens is 396 g/mol. The smallest absolute Gasteiger partial charge is 0.143 e. The van der Waals surface area contributed by atoms with Gasteiger partial charge in [0.15, 0.2) is 0 Å². The molecule has 2 unspecified atom stereocenters. The summed E-state index contributed by atoms with van der Waals surface area (Å²) in [4.78, 5) is 0. The average molecular weight is 410 g/mol. The largest absolute Gasteiger partial charge is 0.212 e. The summed E-state index contributed by atoms with van der Waals surface area (Å²) in [5.74, 6) is -6.43. The predicted molar refractivity (Wildman–Crippen MR) is 96.6 cm³/mol. The lowest BCUT2D eigenvalue weighted by Crippen LogP contribution is -2.39. The Labute approximate surface area is 170 Å². The van der Waals surface area contributed by atoms with Gasteiger partial charge < -0.3 is 0 Å². The molecule has 4 rings (SSSR count). The first-order valence-corrected chi connectivity index (χ1v) is 9.15. The van der Waals surface area contributed by atoms with Gasteiger partial charge in [0.25, 0.3) is 0 Å². The molecule has 0 amide bonds. The van der Waals surface area contributed by atoms with Crippen LogP contribution in [-0.2, 0) is 0 Å². The van der Waals surface area contributed by atoms with Gasteiger partial charge in [-0.1, -0.05) is 6.92 Å². The molecule has 0 aliphatic heterocycles. The van der Waals surface area contributed by atoms with Crippen molar-refractivity contribution in [1.29, 1.82) is 21.0 Å². The molecule has 3 atom stereocenters. The molecule has 0 saturated heterocycles. The van der Waals surface area contributed by atoms with E-state index in [-0.39, 0.29) is 24.8 Å². The maximum Gasteiger partial charge on any atom is 0.143 e. The summed E-state index contributed by atoms with van der Waals surface area (Å²) in [6.07, 6.45) is -0.853. The summed E-state index contributed by atoms with van der Waals surface area (Å²) < 4.78 is 61.1. The highest BCUT2D eigenvalue weighted by molar-refractivity contribution is 5.75. The van der Waals surface area contributed by atoms with E-state index >= 15 is 13.2 Å². The fourth-order valence-corrected chi connectivity index (χ4v) is 4.43. The van der Waals surface area contributed by atoms with E-state index < -0.39 is 68.4 Å². The Kier molecular flexibility index (Phi) is 5.15. The van der Waals surface area contributed by atoms with Gasteiger partial charge in [0.05, 0.1) is 23.6 Å². The summed E-state index contributed by atoms with van der Waals surface area (Å²) >= 11 is 0. The van der Waals surface area contributed by atoms with Crippen LogP contribution in [0.3, 0.4) is 0 Å². The van der Waals surface area contributed by atoms with Crippen LogP contribution in [0.15, 0.2) is 56.7 Å². The van der Waals surface area contributed by atoms with Gasteiger partial charge >= 0.3 is 0 Å². The molecular formula is C22H14F4N4. The van der Waals surface area contributed by atoms with Crippen molar-refractivity contribution in [3.8, 4) is 24.3 Å². The van der Waals surface area contributed by atoms with Crippen LogP contribution in [0.4, 0.5) is 17.6 Å². The molecule has 8 heteroatoms. The van der Waals surface area contributed by atoms with Crippen molar-refractivity contribution in [2.24, 2.45) is 17.3 Å². The van der Waals surface area contributed by atoms with Crippen molar-refractivity contribution in [2.45, 2.75) is 33.1 Å². The summed E-state index contributed by atoms with van der Waals surface area (Å²) in [5.41, 5.74) is -5.52. The molecule has 2 bridgehead atoms. The van der Waals surface area contributed by atoms with Crippen LogP contribution in [0.1, 0.15) is 33.1 Å². The van der Waals surface area contributed by atoms with Crippen molar-refractivity contribution in [2.75, 3.05) is 0 Å². The van der Waals surface area contributed by atoms with E-state index in [1.165, 1.54) is 26.0 Å². The Hall–Kier alpha value is -3.62. The topological polar surface area (TPSA) is 95.2 Å². The Morgan fingerprint density at radius 2 is 1.63 bits per heavy atom. The fourth-order valence-electron chi connectivity index (χ4n) is 4.43. The third kappa shape index (κ3) is 2.62. The van der Waals surface area contributed by atoms with E-state index in [2.05, 4.69) is 0 Å². The summed E-state index contributed by atoms with van der Waals surface area (Å²) in [7, 11) is 0. The summed E-state index contributed by atoms with van der Waals surface area (Å²) in [6, 6.07) is 6.62. The molecule has 0 heterocycles. The molecule has 0 N–H and O–H groups in total. The van der Waals surface area contributed by atoms with Gasteiger partial charge in [-0.25, -0.2) is 17.6 Å². The highest BCUT2D eigenvalue weighted by Crippen LogP contribution is 2.60. The normalized spacial score (nSPS) is 29.5. The molecule has 4 aliphatic rings. The highest BCUT2D eigenvalue weighted by atomic mass is 19.1. The van der Waals surface area contributed by atoms with Gasteiger partial charge in [-0.3, -0.25) is 0 Å². The number of hydrogen-bond donors (Lipinski definition) is 0. The number of rotatable bonds is 1. The van der Waals surface area contributed by atoms with Crippen molar-refractivity contribution in [3.63, 3.8) is 0 Å². The maximum absolute atomic E-state index is 15.5. The quantitative estimate of drug-likeness (QED) is 0.407. The van der Waals surface area contributed by atoms with Crippen molar-refractivity contribution < 1.29 is 17.6 Å². The summed E-state index contributed by atoms with van der Waals surface area (Å²) in [5, 5.41) is 37.5. The molecule has 0 aromatic heterocycles. The van der Waals surface area contributed by atoms with E-state index in [1.54, 1.807) is 0 Å². The van der Waals surface area contributed by atoms with Gasteiger partial charge in [0.2, 0.25) is 0 Å². The molecule has 1 fully saturated rings. The SMILES string of the molecule is CC/C(F)=C1\CC2[C@H](C#N)CC(=C(F)C2(C)C#N)C2=C(F)C(=C(C#N)C#N)C(F)=C21. The highest BCUT2D eigenvalue weighted by Gasteiger charge is 2.54. The number of hydrogen-bond acceptors (Lipinski definition) is 4. The number of halogens is 4. The maximum atomic E-state index is 15.5. The van der Waals surface area contributed by atoms with Crippen LogP contribution in [0.2, 0.25) is 0 Å². The van der Waals surface area contributed by atoms with Crippen LogP contribution in [-0.4, -0.2) is 0 Å². The summed E-state index contributed by atoms with van der Waals surface area (Å²) in [6.45, 7) is 2.70. The second kappa shape index (κ2) is 7.33. The van der Waals surface area contributed by atoms with Crippen LogP contribution in [0, 0.1) is 62.6 Å². The molecule has 30 heavy (non-hydrogen) atoms. The minimum absolute atomic E-state index is 0.182. The van der Waals surface area contributed by atoms with E-state index in [0.29, 0.717) is 0 Å². The van der Waals surface area contributed by atoms with E-state index in [1.807, 2.05) is 12.1 Å². The number of nitriles is 4. The minimum Gasteiger partial charge on any atom is -0.212 e. The van der Waals surface area contributed by atoms with Crippen molar-refractivity contribution in [1.82, 2.24) is 0 Å². The van der Waals surface area contributed by atoms with Crippen LogP contribution in [0.5, 0.6) is 0 Å². The first-order chi connectivity index (χ1) is 14.2. The first kappa shape index (κ1) is 21.1. The lowest BCUT2D eigenvalue weighted by atomic mass is 9.59. The van der Waals surface area contributed by atoms with E-state index in [4.69, 9.17) is 10.5 Å². The monoisotopic (exact) mass is 410 g/mol. The zero-order valence-electron chi connectivity index (χ0n) is 16.1. The molecule has 0 aromatic carbocycles. The second-order valence-electron chi connectivity index (χ2n) is 7.45. The lowest BCUT2D eigenvalue weighted by molar-refractivity contribution is 0.184. The Bertz CT molecular complexity index is 1170. The van der Waals surface area contributed by atoms with Gasteiger partial charge in [-0.15, -0.1) is 0 Å². The van der Waals surface area contributed by atoms with Crippen LogP contribution < -0.4 is 0 Å².